The van der Waals surface area contributed by atoms with Crippen LogP contribution in [0.5, 0.6) is 0 Å². The monoisotopic (exact) mass is 441 g/mol. The fourth-order valence-electron chi connectivity index (χ4n) is 3.72. The van der Waals surface area contributed by atoms with Crippen LogP contribution in [0.4, 0.5) is 17.1 Å². The Balaban J connectivity index is 1.71. The Labute approximate surface area is 185 Å². The molecule has 0 spiro atoms. The molecule has 10 heteroatoms. The number of nitro benzene ring substituents is 2. The second kappa shape index (κ2) is 7.68. The van der Waals surface area contributed by atoms with Crippen molar-refractivity contribution in [2.24, 2.45) is 4.99 Å². The fourth-order valence-corrected chi connectivity index (χ4v) is 3.72. The molecule has 162 valence electrons. The Morgan fingerprint density at radius 2 is 1.73 bits per heavy atom. The molecule has 0 saturated carbocycles. The zero-order valence-corrected chi connectivity index (χ0v) is 17.0. The largest absolute Gasteiger partial charge is 0.453 e. The second-order valence-electron chi connectivity index (χ2n) is 7.37. The minimum absolute atomic E-state index is 0.0439. The van der Waals surface area contributed by atoms with E-state index in [1.54, 1.807) is 24.3 Å². The summed E-state index contributed by atoms with van der Waals surface area (Å²) in [6.07, 6.45) is 0. The fraction of sp³-hybridized carbons (Fsp3) is 0.0435. The molecular formula is C23H15N5O5. The highest BCUT2D eigenvalue weighted by atomic mass is 16.6. The number of hydrogen-bond donors (Lipinski definition) is 1. The third-order valence-electron chi connectivity index (χ3n) is 5.29. The number of nitrogen functional groups attached to an aromatic ring is 1. The van der Waals surface area contributed by atoms with Crippen molar-refractivity contribution in [3.63, 3.8) is 0 Å². The van der Waals surface area contributed by atoms with Gasteiger partial charge >= 0.3 is 0 Å². The molecule has 0 fully saturated rings. The molecule has 1 heterocycles. The molecule has 3 aromatic carbocycles. The van der Waals surface area contributed by atoms with E-state index < -0.39 is 9.85 Å². The van der Waals surface area contributed by atoms with Crippen molar-refractivity contribution in [3.8, 4) is 11.5 Å². The normalized spacial score (nSPS) is 11.9. The van der Waals surface area contributed by atoms with Gasteiger partial charge in [-0.05, 0) is 18.2 Å². The number of aromatic nitrogens is 1. The molecule has 2 N–H and O–H groups in total. The molecule has 33 heavy (non-hydrogen) atoms. The number of anilines is 1. The first-order valence-corrected chi connectivity index (χ1v) is 9.85. The summed E-state index contributed by atoms with van der Waals surface area (Å²) >= 11 is 0. The van der Waals surface area contributed by atoms with Crippen LogP contribution in [0.3, 0.4) is 0 Å². The van der Waals surface area contributed by atoms with Gasteiger partial charge in [0.15, 0.2) is 11.3 Å². The third kappa shape index (κ3) is 3.59. The van der Waals surface area contributed by atoms with Crippen LogP contribution in [0.15, 0.2) is 76.1 Å². The van der Waals surface area contributed by atoms with Gasteiger partial charge in [-0.3, -0.25) is 25.2 Å². The molecular weight excluding hydrogens is 426 g/mol. The maximum absolute atomic E-state index is 11.5. The Kier molecular flexibility index (Phi) is 4.67. The van der Waals surface area contributed by atoms with Gasteiger partial charge < -0.3 is 10.2 Å². The average Bonchev–Trinajstić information content (AvgIpc) is 2.81. The van der Waals surface area contributed by atoms with Crippen LogP contribution < -0.4 is 11.1 Å². The van der Waals surface area contributed by atoms with Crippen molar-refractivity contribution in [1.82, 2.24) is 4.98 Å². The number of benzene rings is 4. The van der Waals surface area contributed by atoms with Gasteiger partial charge in [-0.2, -0.15) is 0 Å². The smallest absolute Gasteiger partial charge is 0.281 e. The van der Waals surface area contributed by atoms with Crippen LogP contribution in [-0.2, 0) is 6.54 Å². The van der Waals surface area contributed by atoms with E-state index in [9.17, 15) is 20.2 Å². The van der Waals surface area contributed by atoms with E-state index in [2.05, 4.69) is 4.99 Å². The van der Waals surface area contributed by atoms with Gasteiger partial charge in [0.05, 0.1) is 33.4 Å². The van der Waals surface area contributed by atoms with E-state index in [-0.39, 0.29) is 23.5 Å². The molecule has 0 bridgehead atoms. The van der Waals surface area contributed by atoms with E-state index in [1.165, 1.54) is 12.1 Å². The lowest BCUT2D eigenvalue weighted by Gasteiger charge is -2.10. The summed E-state index contributed by atoms with van der Waals surface area (Å²) in [5, 5.41) is 24.6. The number of hydrogen-bond acceptors (Lipinski definition) is 8. The predicted octanol–water partition coefficient (Wildman–Crippen LogP) is 4.59. The average molecular weight is 441 g/mol. The summed E-state index contributed by atoms with van der Waals surface area (Å²) < 4.78 is 6.05. The van der Waals surface area contributed by atoms with Crippen LogP contribution in [0.1, 0.15) is 5.56 Å². The van der Waals surface area contributed by atoms with Crippen LogP contribution >= 0.6 is 0 Å². The van der Waals surface area contributed by atoms with E-state index >= 15 is 0 Å². The van der Waals surface area contributed by atoms with Crippen LogP contribution in [0.25, 0.3) is 33.3 Å². The number of nitrogens with zero attached hydrogens (tertiary/aromatic N) is 4. The van der Waals surface area contributed by atoms with Gasteiger partial charge in [0.1, 0.15) is 11.2 Å². The third-order valence-corrected chi connectivity index (χ3v) is 5.29. The first kappa shape index (κ1) is 20.1. The molecule has 0 radical (unpaired) electrons. The molecule has 0 aromatic heterocycles. The topological polar surface area (TPSA) is 151 Å². The standard InChI is InChI=1S/C23H15N5O5/c24-14-6-8-18-21(9-14)33-22-11-19(16-3-1-2-4-17(16)23(22)26-18)25-12-13-5-7-15(27(29)30)10-20(13)28(31)32/h1-11H,12,24H2/b25-19-. The zero-order valence-electron chi connectivity index (χ0n) is 17.0. The number of non-ortho nitro benzene ring substituents is 1. The molecule has 0 unspecified atom stereocenters. The van der Waals surface area contributed by atoms with Crippen molar-refractivity contribution >= 4 is 38.9 Å². The van der Waals surface area contributed by atoms with E-state index in [1.807, 2.05) is 24.3 Å². The highest BCUT2D eigenvalue weighted by molar-refractivity contribution is 5.96. The quantitative estimate of drug-likeness (QED) is 0.141. The first-order valence-electron chi connectivity index (χ1n) is 9.85. The Morgan fingerprint density at radius 1 is 0.939 bits per heavy atom. The molecule has 3 aromatic rings. The molecule has 10 nitrogen and oxygen atoms in total. The first-order chi connectivity index (χ1) is 15.9. The maximum Gasteiger partial charge on any atom is 0.281 e. The van der Waals surface area contributed by atoms with Crippen molar-refractivity contribution in [3.05, 3.63) is 97.9 Å². The van der Waals surface area contributed by atoms with Crippen LogP contribution in [-0.4, -0.2) is 14.8 Å². The summed E-state index contributed by atoms with van der Waals surface area (Å²) in [5.74, 6) is 0.490. The number of nitrogens with two attached hydrogens (primary N) is 1. The lowest BCUT2D eigenvalue weighted by atomic mass is 10.0. The summed E-state index contributed by atoms with van der Waals surface area (Å²) in [4.78, 5) is 30.4. The van der Waals surface area contributed by atoms with Crippen molar-refractivity contribution in [1.29, 1.82) is 0 Å². The predicted molar refractivity (Wildman–Crippen MR) is 122 cm³/mol. The molecule has 0 saturated heterocycles. The highest BCUT2D eigenvalue weighted by Crippen LogP contribution is 2.31. The molecule has 0 atom stereocenters. The molecule has 1 aliphatic carbocycles. The van der Waals surface area contributed by atoms with Gasteiger partial charge in [0, 0.05) is 34.7 Å². The second-order valence-corrected chi connectivity index (χ2v) is 7.37. The van der Waals surface area contributed by atoms with Gasteiger partial charge in [-0.15, -0.1) is 0 Å². The summed E-state index contributed by atoms with van der Waals surface area (Å²) in [6.45, 7) is -0.0439. The Hall–Kier alpha value is -4.86. The molecule has 5 rings (SSSR count). The Morgan fingerprint density at radius 3 is 2.48 bits per heavy atom. The highest BCUT2D eigenvalue weighted by Gasteiger charge is 2.19. The SMILES string of the molecule is Nc1ccc2nc3c4ccccc4/c(=N\Cc4ccc([N+](=O)[O-])cc4[N+](=O)[O-])cc-3oc2c1. The number of rotatable bonds is 4. The van der Waals surface area contributed by atoms with E-state index in [4.69, 9.17) is 15.1 Å². The molecule has 0 amide bonds. The lowest BCUT2D eigenvalue weighted by Crippen LogP contribution is -2.08. The van der Waals surface area contributed by atoms with Crippen LogP contribution in [0.2, 0.25) is 0 Å². The molecule has 2 aliphatic rings. The lowest BCUT2D eigenvalue weighted by molar-refractivity contribution is -0.394. The molecule has 1 aliphatic heterocycles. The number of nitro groups is 2. The van der Waals surface area contributed by atoms with Gasteiger partial charge in [-0.1, -0.05) is 24.3 Å². The summed E-state index contributed by atoms with van der Waals surface area (Å²) in [6, 6.07) is 18.0. The van der Waals surface area contributed by atoms with Gasteiger partial charge in [-0.25, -0.2) is 4.98 Å². The van der Waals surface area contributed by atoms with Crippen molar-refractivity contribution in [2.75, 3.05) is 5.73 Å². The minimum Gasteiger partial charge on any atom is -0.453 e. The summed E-state index contributed by atoms with van der Waals surface area (Å²) in [7, 11) is 0. The van der Waals surface area contributed by atoms with Gasteiger partial charge in [0.25, 0.3) is 11.4 Å². The minimum atomic E-state index is -0.670. The number of fused-ring (bicyclic) bond motifs is 4. The van der Waals surface area contributed by atoms with E-state index in [0.29, 0.717) is 33.6 Å². The summed E-state index contributed by atoms with van der Waals surface area (Å²) in [5.41, 5.74) is 7.80. The Bertz CT molecular complexity index is 1630. The maximum atomic E-state index is 11.5. The zero-order chi connectivity index (χ0) is 23.1. The van der Waals surface area contributed by atoms with Crippen LogP contribution in [0, 0.1) is 20.2 Å². The van der Waals surface area contributed by atoms with Crippen molar-refractivity contribution < 1.29 is 14.3 Å². The van der Waals surface area contributed by atoms with E-state index in [0.717, 1.165) is 16.8 Å². The van der Waals surface area contributed by atoms with Gasteiger partial charge in [0.2, 0.25) is 0 Å². The van der Waals surface area contributed by atoms with Crippen molar-refractivity contribution in [2.45, 2.75) is 6.54 Å².